The van der Waals surface area contributed by atoms with Gasteiger partial charge in [0.25, 0.3) is 0 Å². The van der Waals surface area contributed by atoms with Gasteiger partial charge < -0.3 is 14.8 Å². The predicted octanol–water partition coefficient (Wildman–Crippen LogP) is 2.52. The average molecular weight is 221 g/mol. The Morgan fingerprint density at radius 2 is 2.19 bits per heavy atom. The fourth-order valence-corrected chi connectivity index (χ4v) is 2.22. The lowest BCUT2D eigenvalue weighted by atomic mass is 9.90. The van der Waals surface area contributed by atoms with Crippen LogP contribution in [0.25, 0.3) is 0 Å². The Morgan fingerprint density at radius 3 is 2.81 bits per heavy atom. The highest BCUT2D eigenvalue weighted by molar-refractivity contribution is 5.44. The summed E-state index contributed by atoms with van der Waals surface area (Å²) in [5.41, 5.74) is 1.08. The summed E-state index contributed by atoms with van der Waals surface area (Å²) in [5, 5.41) is 3.33. The predicted molar refractivity (Wildman–Crippen MR) is 64.1 cm³/mol. The van der Waals surface area contributed by atoms with E-state index in [9.17, 15) is 0 Å². The molecule has 1 aromatic carbocycles. The second kappa shape index (κ2) is 3.98. The van der Waals surface area contributed by atoms with Crippen LogP contribution < -0.4 is 14.8 Å². The van der Waals surface area contributed by atoms with Crippen molar-refractivity contribution < 1.29 is 9.47 Å². The summed E-state index contributed by atoms with van der Waals surface area (Å²) < 4.78 is 11.2. The Labute approximate surface area is 96.8 Å². The third kappa shape index (κ3) is 2.00. The first-order chi connectivity index (χ1) is 7.55. The summed E-state index contributed by atoms with van der Waals surface area (Å²) >= 11 is 0. The van der Waals surface area contributed by atoms with E-state index in [4.69, 9.17) is 9.47 Å². The van der Waals surface area contributed by atoms with E-state index in [1.54, 1.807) is 7.11 Å². The molecule has 2 rings (SSSR count). The summed E-state index contributed by atoms with van der Waals surface area (Å²) in [6, 6.07) is 6.36. The number of ether oxygens (including phenoxy) is 2. The minimum atomic E-state index is -0.132. The number of fused-ring (bicyclic) bond motifs is 1. The number of rotatable bonds is 2. The van der Waals surface area contributed by atoms with E-state index >= 15 is 0 Å². The summed E-state index contributed by atoms with van der Waals surface area (Å²) in [6.07, 6.45) is 0.975. The topological polar surface area (TPSA) is 30.5 Å². The van der Waals surface area contributed by atoms with Gasteiger partial charge in [-0.1, -0.05) is 6.07 Å². The van der Waals surface area contributed by atoms with Crippen molar-refractivity contribution in [2.45, 2.75) is 31.9 Å². The molecule has 1 atom stereocenters. The van der Waals surface area contributed by atoms with Gasteiger partial charge in [-0.05, 0) is 27.0 Å². The first-order valence-corrected chi connectivity index (χ1v) is 5.60. The van der Waals surface area contributed by atoms with Crippen LogP contribution in [0.1, 0.15) is 31.9 Å². The van der Waals surface area contributed by atoms with Crippen molar-refractivity contribution in [2.75, 3.05) is 14.2 Å². The standard InChI is InChI=1S/C13H19NO2/c1-13(2)8-11(14-3)10-6-5-9(15-4)7-12(10)16-13/h5-7,11,14H,8H2,1-4H3. The van der Waals surface area contributed by atoms with Crippen LogP contribution >= 0.6 is 0 Å². The summed E-state index contributed by atoms with van der Waals surface area (Å²) in [5.74, 6) is 1.77. The van der Waals surface area contributed by atoms with Gasteiger partial charge in [-0.3, -0.25) is 0 Å². The number of hydrogen-bond donors (Lipinski definition) is 1. The van der Waals surface area contributed by atoms with Gasteiger partial charge >= 0.3 is 0 Å². The molecule has 0 aliphatic carbocycles. The van der Waals surface area contributed by atoms with Gasteiger partial charge in [-0.25, -0.2) is 0 Å². The molecule has 16 heavy (non-hydrogen) atoms. The first-order valence-electron chi connectivity index (χ1n) is 5.60. The molecule has 1 aliphatic rings. The molecule has 3 heteroatoms. The van der Waals surface area contributed by atoms with E-state index in [1.807, 2.05) is 19.2 Å². The maximum Gasteiger partial charge on any atom is 0.128 e. The summed E-state index contributed by atoms with van der Waals surface area (Å²) in [4.78, 5) is 0. The van der Waals surface area contributed by atoms with Gasteiger partial charge in [0.15, 0.2) is 0 Å². The molecule has 0 saturated heterocycles. The van der Waals surface area contributed by atoms with Gasteiger partial charge in [-0.15, -0.1) is 0 Å². The Kier molecular flexibility index (Phi) is 2.80. The SMILES string of the molecule is CNC1CC(C)(C)Oc2cc(OC)ccc21. The van der Waals surface area contributed by atoms with Crippen molar-refractivity contribution >= 4 is 0 Å². The molecule has 0 bridgehead atoms. The minimum absolute atomic E-state index is 0.132. The number of hydrogen-bond acceptors (Lipinski definition) is 3. The smallest absolute Gasteiger partial charge is 0.128 e. The lowest BCUT2D eigenvalue weighted by Crippen LogP contribution is -2.38. The Balaban J connectivity index is 2.42. The molecule has 1 heterocycles. The van der Waals surface area contributed by atoms with Crippen LogP contribution in [-0.2, 0) is 0 Å². The highest BCUT2D eigenvalue weighted by Crippen LogP contribution is 2.40. The lowest BCUT2D eigenvalue weighted by molar-refractivity contribution is 0.0672. The molecule has 1 aromatic rings. The molecular formula is C13H19NO2. The number of nitrogens with one attached hydrogen (secondary N) is 1. The molecule has 88 valence electrons. The molecule has 1 aliphatic heterocycles. The third-order valence-corrected chi connectivity index (χ3v) is 3.03. The van der Waals surface area contributed by atoms with Crippen LogP contribution in [0, 0.1) is 0 Å². The van der Waals surface area contributed by atoms with Crippen LogP contribution in [-0.4, -0.2) is 19.8 Å². The van der Waals surface area contributed by atoms with Gasteiger partial charge in [0, 0.05) is 24.1 Å². The largest absolute Gasteiger partial charge is 0.497 e. The molecular weight excluding hydrogens is 202 g/mol. The minimum Gasteiger partial charge on any atom is -0.497 e. The van der Waals surface area contributed by atoms with E-state index in [-0.39, 0.29) is 5.60 Å². The fourth-order valence-electron chi connectivity index (χ4n) is 2.22. The monoisotopic (exact) mass is 221 g/mol. The molecule has 0 aromatic heterocycles. The van der Waals surface area contributed by atoms with Crippen molar-refractivity contribution in [1.29, 1.82) is 0 Å². The van der Waals surface area contributed by atoms with Crippen LogP contribution in [0.5, 0.6) is 11.5 Å². The number of methoxy groups -OCH3 is 1. The van der Waals surface area contributed by atoms with Crippen LogP contribution in [0.2, 0.25) is 0 Å². The van der Waals surface area contributed by atoms with Gasteiger partial charge in [0.05, 0.1) is 7.11 Å². The molecule has 3 nitrogen and oxygen atoms in total. The quantitative estimate of drug-likeness (QED) is 0.832. The van der Waals surface area contributed by atoms with Crippen LogP contribution in [0.4, 0.5) is 0 Å². The summed E-state index contributed by atoms with van der Waals surface area (Å²) in [6.45, 7) is 4.22. The fraction of sp³-hybridized carbons (Fsp3) is 0.538. The van der Waals surface area contributed by atoms with E-state index in [1.165, 1.54) is 5.56 Å². The molecule has 0 amide bonds. The Bertz CT molecular complexity index is 388. The maximum atomic E-state index is 5.97. The zero-order chi connectivity index (χ0) is 11.8. The van der Waals surface area contributed by atoms with Crippen molar-refractivity contribution in [2.24, 2.45) is 0 Å². The van der Waals surface area contributed by atoms with Crippen molar-refractivity contribution in [3.05, 3.63) is 23.8 Å². The molecule has 0 saturated carbocycles. The third-order valence-electron chi connectivity index (χ3n) is 3.03. The van der Waals surface area contributed by atoms with Gasteiger partial charge in [-0.2, -0.15) is 0 Å². The van der Waals surface area contributed by atoms with Crippen LogP contribution in [0.3, 0.4) is 0 Å². The van der Waals surface area contributed by atoms with Gasteiger partial charge in [0.1, 0.15) is 17.1 Å². The first kappa shape index (κ1) is 11.3. The van der Waals surface area contributed by atoms with E-state index in [2.05, 4.69) is 25.2 Å². The molecule has 0 fully saturated rings. The molecule has 0 radical (unpaired) electrons. The Morgan fingerprint density at radius 1 is 1.44 bits per heavy atom. The number of benzene rings is 1. The maximum absolute atomic E-state index is 5.97. The highest BCUT2D eigenvalue weighted by atomic mass is 16.5. The van der Waals surface area contributed by atoms with Crippen molar-refractivity contribution in [1.82, 2.24) is 5.32 Å². The normalized spacial score (nSPS) is 22.1. The Hall–Kier alpha value is -1.22. The van der Waals surface area contributed by atoms with Crippen molar-refractivity contribution in [3.8, 4) is 11.5 Å². The zero-order valence-corrected chi connectivity index (χ0v) is 10.3. The zero-order valence-electron chi connectivity index (χ0n) is 10.3. The molecule has 1 unspecified atom stereocenters. The molecule has 1 N–H and O–H groups in total. The van der Waals surface area contributed by atoms with Crippen LogP contribution in [0.15, 0.2) is 18.2 Å². The summed E-state index contributed by atoms with van der Waals surface area (Å²) in [7, 11) is 3.66. The molecule has 0 spiro atoms. The van der Waals surface area contributed by atoms with Crippen molar-refractivity contribution in [3.63, 3.8) is 0 Å². The second-order valence-corrected chi connectivity index (χ2v) is 4.81. The van der Waals surface area contributed by atoms with E-state index < -0.39 is 0 Å². The highest BCUT2D eigenvalue weighted by Gasteiger charge is 2.32. The lowest BCUT2D eigenvalue weighted by Gasteiger charge is -2.37. The van der Waals surface area contributed by atoms with E-state index in [0.717, 1.165) is 17.9 Å². The van der Waals surface area contributed by atoms with Gasteiger partial charge in [0.2, 0.25) is 0 Å². The van der Waals surface area contributed by atoms with E-state index in [0.29, 0.717) is 6.04 Å². The average Bonchev–Trinajstić information content (AvgIpc) is 2.25. The second-order valence-electron chi connectivity index (χ2n) is 4.81.